The maximum Gasteiger partial charge on any atom is 0.239 e. The van der Waals surface area contributed by atoms with Gasteiger partial charge < -0.3 is 14.2 Å². The fourth-order valence-corrected chi connectivity index (χ4v) is 1.28. The van der Waals surface area contributed by atoms with Crippen molar-refractivity contribution in [1.29, 1.82) is 0 Å². The van der Waals surface area contributed by atoms with Gasteiger partial charge in [-0.25, -0.2) is 0 Å². The van der Waals surface area contributed by atoms with E-state index in [1.54, 1.807) is 44.6 Å². The summed E-state index contributed by atoms with van der Waals surface area (Å²) in [7, 11) is 3.15. The monoisotopic (exact) mass is 231 g/mol. The summed E-state index contributed by atoms with van der Waals surface area (Å²) < 4.78 is 15.8. The molecule has 0 N–H and O–H groups in total. The molecule has 5 heteroatoms. The highest BCUT2D eigenvalue weighted by Crippen LogP contribution is 2.33. The Morgan fingerprint density at radius 1 is 1.06 bits per heavy atom. The van der Waals surface area contributed by atoms with E-state index in [1.807, 2.05) is 0 Å². The first-order chi connectivity index (χ1) is 8.33. The SMILES string of the molecule is COc1ccc(OC)c(Oc2cc[c]nn2)c1. The lowest BCUT2D eigenvalue weighted by Gasteiger charge is -2.10. The van der Waals surface area contributed by atoms with Crippen LogP contribution in [0.2, 0.25) is 0 Å². The van der Waals surface area contributed by atoms with Gasteiger partial charge in [-0.2, -0.15) is 0 Å². The third kappa shape index (κ3) is 2.63. The molecule has 0 unspecified atom stereocenters. The summed E-state index contributed by atoms with van der Waals surface area (Å²) >= 11 is 0. The van der Waals surface area contributed by atoms with Gasteiger partial charge in [0.15, 0.2) is 11.5 Å². The molecule has 2 aromatic rings. The summed E-state index contributed by atoms with van der Waals surface area (Å²) in [6.07, 6.45) is 2.57. The average Bonchev–Trinajstić information content (AvgIpc) is 2.40. The number of hydrogen-bond donors (Lipinski definition) is 0. The number of rotatable bonds is 4. The Labute approximate surface area is 99.0 Å². The van der Waals surface area contributed by atoms with Crippen LogP contribution in [-0.2, 0) is 0 Å². The van der Waals surface area contributed by atoms with Crippen LogP contribution in [0.25, 0.3) is 0 Å². The molecule has 0 aliphatic carbocycles. The van der Waals surface area contributed by atoms with E-state index in [0.717, 1.165) is 0 Å². The Morgan fingerprint density at radius 2 is 1.94 bits per heavy atom. The Hall–Kier alpha value is -2.30. The van der Waals surface area contributed by atoms with Crippen molar-refractivity contribution in [2.24, 2.45) is 0 Å². The Morgan fingerprint density at radius 3 is 2.59 bits per heavy atom. The second-order valence-corrected chi connectivity index (χ2v) is 3.12. The zero-order valence-electron chi connectivity index (χ0n) is 9.51. The molecule has 0 spiro atoms. The minimum Gasteiger partial charge on any atom is -0.497 e. The van der Waals surface area contributed by atoms with Gasteiger partial charge in [0.05, 0.1) is 14.2 Å². The number of methoxy groups -OCH3 is 2. The highest BCUT2D eigenvalue weighted by atomic mass is 16.5. The van der Waals surface area contributed by atoms with Gasteiger partial charge >= 0.3 is 0 Å². The van der Waals surface area contributed by atoms with Gasteiger partial charge in [-0.05, 0) is 18.2 Å². The van der Waals surface area contributed by atoms with E-state index >= 15 is 0 Å². The molecule has 0 aliphatic rings. The molecular formula is C12H11N2O3. The lowest BCUT2D eigenvalue weighted by molar-refractivity contribution is 0.365. The molecule has 0 aliphatic heterocycles. The predicted octanol–water partition coefficient (Wildman–Crippen LogP) is 2.09. The van der Waals surface area contributed by atoms with Crippen molar-refractivity contribution in [2.75, 3.05) is 14.2 Å². The summed E-state index contributed by atoms with van der Waals surface area (Å²) in [4.78, 5) is 0. The number of benzene rings is 1. The number of hydrogen-bond acceptors (Lipinski definition) is 5. The predicted molar refractivity (Wildman–Crippen MR) is 60.5 cm³/mol. The van der Waals surface area contributed by atoms with Crippen LogP contribution in [0.1, 0.15) is 0 Å². The molecule has 0 fully saturated rings. The van der Waals surface area contributed by atoms with E-state index in [0.29, 0.717) is 23.1 Å². The normalized spacial score (nSPS) is 9.76. The Bertz CT molecular complexity index is 488. The maximum atomic E-state index is 5.54. The number of aromatic nitrogens is 2. The van der Waals surface area contributed by atoms with Crippen molar-refractivity contribution in [3.63, 3.8) is 0 Å². The van der Waals surface area contributed by atoms with E-state index < -0.39 is 0 Å². The largest absolute Gasteiger partial charge is 0.497 e. The molecule has 17 heavy (non-hydrogen) atoms. The van der Waals surface area contributed by atoms with Crippen molar-refractivity contribution >= 4 is 0 Å². The molecule has 1 aromatic heterocycles. The molecule has 5 nitrogen and oxygen atoms in total. The van der Waals surface area contributed by atoms with E-state index in [9.17, 15) is 0 Å². The minimum atomic E-state index is 0.371. The second kappa shape index (κ2) is 5.16. The van der Waals surface area contributed by atoms with Crippen LogP contribution >= 0.6 is 0 Å². The topological polar surface area (TPSA) is 53.5 Å². The smallest absolute Gasteiger partial charge is 0.239 e. The molecular weight excluding hydrogens is 220 g/mol. The Kier molecular flexibility index (Phi) is 3.40. The standard InChI is InChI=1S/C12H11N2O3/c1-15-9-5-6-10(16-2)11(8-9)17-12-4-3-7-13-14-12/h3-6,8H,1-2H3. The molecule has 1 aromatic carbocycles. The molecule has 2 rings (SSSR count). The van der Waals surface area contributed by atoms with Gasteiger partial charge in [-0.3, -0.25) is 0 Å². The Balaban J connectivity index is 2.30. The lowest BCUT2D eigenvalue weighted by atomic mass is 10.3. The maximum absolute atomic E-state index is 5.54. The van der Waals surface area contributed by atoms with Crippen LogP contribution in [0.4, 0.5) is 0 Å². The minimum absolute atomic E-state index is 0.371. The molecule has 1 radical (unpaired) electrons. The fraction of sp³-hybridized carbons (Fsp3) is 0.167. The van der Waals surface area contributed by atoms with Crippen LogP contribution in [-0.4, -0.2) is 24.4 Å². The highest BCUT2D eigenvalue weighted by Gasteiger charge is 2.08. The fourth-order valence-electron chi connectivity index (χ4n) is 1.28. The van der Waals surface area contributed by atoms with Crippen LogP contribution in [0.5, 0.6) is 23.1 Å². The van der Waals surface area contributed by atoms with E-state index in [2.05, 4.69) is 16.4 Å². The van der Waals surface area contributed by atoms with E-state index in [-0.39, 0.29) is 0 Å². The molecule has 0 atom stereocenters. The second-order valence-electron chi connectivity index (χ2n) is 3.12. The summed E-state index contributed by atoms with van der Waals surface area (Å²) in [5.41, 5.74) is 0. The third-order valence-corrected chi connectivity index (χ3v) is 2.09. The molecule has 0 amide bonds. The highest BCUT2D eigenvalue weighted by molar-refractivity contribution is 5.46. The van der Waals surface area contributed by atoms with Crippen molar-refractivity contribution in [3.05, 3.63) is 36.5 Å². The van der Waals surface area contributed by atoms with Gasteiger partial charge in [0.25, 0.3) is 0 Å². The number of ether oxygens (including phenoxy) is 3. The van der Waals surface area contributed by atoms with E-state index in [1.165, 1.54) is 0 Å². The van der Waals surface area contributed by atoms with Crippen molar-refractivity contribution in [1.82, 2.24) is 10.2 Å². The lowest BCUT2D eigenvalue weighted by Crippen LogP contribution is -1.94. The summed E-state index contributed by atoms with van der Waals surface area (Å²) in [5, 5.41) is 7.39. The first kappa shape index (κ1) is 11.2. The van der Waals surface area contributed by atoms with Gasteiger partial charge in [0.2, 0.25) is 5.88 Å². The third-order valence-electron chi connectivity index (χ3n) is 2.09. The van der Waals surface area contributed by atoms with Gasteiger partial charge in [-0.15, -0.1) is 10.2 Å². The molecule has 1 heterocycles. The van der Waals surface area contributed by atoms with Crippen LogP contribution in [0, 0.1) is 6.20 Å². The number of nitrogens with zero attached hydrogens (tertiary/aromatic N) is 2. The first-order valence-electron chi connectivity index (χ1n) is 4.93. The van der Waals surface area contributed by atoms with Gasteiger partial charge in [0.1, 0.15) is 11.9 Å². The summed E-state index contributed by atoms with van der Waals surface area (Å²) in [5.74, 6) is 2.17. The van der Waals surface area contributed by atoms with Crippen molar-refractivity contribution in [3.8, 4) is 23.1 Å². The molecule has 0 saturated heterocycles. The zero-order chi connectivity index (χ0) is 12.1. The van der Waals surface area contributed by atoms with Gasteiger partial charge in [-0.1, -0.05) is 0 Å². The van der Waals surface area contributed by atoms with Gasteiger partial charge in [0, 0.05) is 12.1 Å². The zero-order valence-corrected chi connectivity index (χ0v) is 9.51. The average molecular weight is 231 g/mol. The van der Waals surface area contributed by atoms with Crippen molar-refractivity contribution in [2.45, 2.75) is 0 Å². The van der Waals surface area contributed by atoms with E-state index in [4.69, 9.17) is 14.2 Å². The first-order valence-corrected chi connectivity index (χ1v) is 4.93. The molecule has 87 valence electrons. The summed E-state index contributed by atoms with van der Waals surface area (Å²) in [6.45, 7) is 0. The van der Waals surface area contributed by atoms with Crippen LogP contribution in [0.3, 0.4) is 0 Å². The van der Waals surface area contributed by atoms with Crippen LogP contribution < -0.4 is 14.2 Å². The molecule has 0 bridgehead atoms. The summed E-state index contributed by atoms with van der Waals surface area (Å²) in [6, 6.07) is 8.55. The van der Waals surface area contributed by atoms with Crippen molar-refractivity contribution < 1.29 is 14.2 Å². The van der Waals surface area contributed by atoms with Crippen LogP contribution in [0.15, 0.2) is 30.3 Å². The molecule has 0 saturated carbocycles. The quantitative estimate of drug-likeness (QED) is 0.806.